The van der Waals surface area contributed by atoms with E-state index in [9.17, 15) is 14.4 Å². The average Bonchev–Trinajstić information content (AvgIpc) is 3.59. The van der Waals surface area contributed by atoms with Crippen LogP contribution in [0, 0.1) is 17.8 Å². The Morgan fingerprint density at radius 2 is 1.61 bits per heavy atom. The van der Waals surface area contributed by atoms with E-state index in [1.807, 2.05) is 110 Å². The molecular weight excluding hydrogens is 516 g/mol. The summed E-state index contributed by atoms with van der Waals surface area (Å²) in [6.07, 6.45) is 0.176. The van der Waals surface area contributed by atoms with Crippen molar-refractivity contribution in [2.75, 3.05) is 6.61 Å². The molecule has 1 amide bonds. The number of amides is 1. The van der Waals surface area contributed by atoms with E-state index in [-0.39, 0.29) is 36.7 Å². The molecule has 1 aromatic heterocycles. The number of carbonyl (C=O) groups is 3. The van der Waals surface area contributed by atoms with Gasteiger partial charge in [0.15, 0.2) is 5.78 Å². The second kappa shape index (κ2) is 11.3. The van der Waals surface area contributed by atoms with Crippen molar-refractivity contribution in [3.8, 4) is 0 Å². The molecular formula is C34H34N2O5. The first-order valence-electron chi connectivity index (χ1n) is 14.2. The number of fused-ring (bicyclic) bond motifs is 2. The van der Waals surface area contributed by atoms with Crippen molar-refractivity contribution in [1.82, 2.24) is 9.47 Å². The number of rotatable bonds is 8. The van der Waals surface area contributed by atoms with E-state index in [0.717, 1.165) is 22.0 Å². The summed E-state index contributed by atoms with van der Waals surface area (Å²) >= 11 is 0. The third kappa shape index (κ3) is 4.95. The lowest BCUT2D eigenvalue weighted by Crippen LogP contribution is -2.57. The van der Waals surface area contributed by atoms with Gasteiger partial charge in [0.1, 0.15) is 18.8 Å². The molecule has 0 spiro atoms. The predicted molar refractivity (Wildman–Crippen MR) is 155 cm³/mol. The van der Waals surface area contributed by atoms with E-state index in [0.29, 0.717) is 18.7 Å². The van der Waals surface area contributed by atoms with Crippen LogP contribution in [-0.4, -0.2) is 40.0 Å². The molecule has 2 saturated heterocycles. The maximum absolute atomic E-state index is 14.3. The Morgan fingerprint density at radius 1 is 0.927 bits per heavy atom. The van der Waals surface area contributed by atoms with Gasteiger partial charge in [-0.3, -0.25) is 14.4 Å². The van der Waals surface area contributed by atoms with Gasteiger partial charge in [-0.2, -0.15) is 0 Å². The fraction of sp³-hybridized carbons (Fsp3) is 0.324. The molecule has 5 atom stereocenters. The first-order chi connectivity index (χ1) is 20.0. The summed E-state index contributed by atoms with van der Waals surface area (Å²) in [6.45, 7) is 2.43. The van der Waals surface area contributed by atoms with Gasteiger partial charge in [0.05, 0.1) is 18.3 Å². The number of benzene rings is 3. The van der Waals surface area contributed by atoms with Gasteiger partial charge in [-0.25, -0.2) is 0 Å². The number of esters is 1. The summed E-state index contributed by atoms with van der Waals surface area (Å²) in [6, 6.07) is 28.6. The number of piperidine rings is 1. The molecule has 3 aromatic carbocycles. The standard InChI is InChI=1S/C34H34N2O5/c1-3-25-26(19-30(37)28-18-24-16-10-11-17-27(24)35(28)2)31(34(39)41-20-22-12-6-4-7-13-22)32(38)36-29(21-40-33(25)36)23-14-8-5-9-15-23/h4-18,25-26,29,31,33H,3,19-21H2,1-2H3/t25-,26+,29-,31+,33+/m0/s1. The molecule has 3 heterocycles. The second-order valence-corrected chi connectivity index (χ2v) is 11.0. The van der Waals surface area contributed by atoms with Gasteiger partial charge in [0.2, 0.25) is 5.91 Å². The molecule has 7 heteroatoms. The molecule has 0 unspecified atom stereocenters. The molecule has 0 bridgehead atoms. The van der Waals surface area contributed by atoms with Gasteiger partial charge in [-0.15, -0.1) is 0 Å². The Bertz CT molecular complexity index is 1560. The van der Waals surface area contributed by atoms with Crippen molar-refractivity contribution < 1.29 is 23.9 Å². The Balaban J connectivity index is 1.34. The first kappa shape index (κ1) is 27.0. The molecule has 4 aromatic rings. The van der Waals surface area contributed by atoms with Crippen LogP contribution >= 0.6 is 0 Å². The quantitative estimate of drug-likeness (QED) is 0.160. The smallest absolute Gasteiger partial charge is 0.319 e. The van der Waals surface area contributed by atoms with E-state index < -0.39 is 24.0 Å². The average molecular weight is 551 g/mol. The van der Waals surface area contributed by atoms with E-state index >= 15 is 0 Å². The maximum Gasteiger partial charge on any atom is 0.319 e. The van der Waals surface area contributed by atoms with Crippen LogP contribution in [0.4, 0.5) is 0 Å². The number of ketones is 1. The zero-order chi connectivity index (χ0) is 28.5. The minimum atomic E-state index is -1.11. The Kier molecular flexibility index (Phi) is 7.45. The third-order valence-corrected chi connectivity index (χ3v) is 8.69. The highest BCUT2D eigenvalue weighted by Crippen LogP contribution is 2.46. The van der Waals surface area contributed by atoms with Crippen LogP contribution in [0.1, 0.15) is 47.4 Å². The summed E-state index contributed by atoms with van der Waals surface area (Å²) in [5.41, 5.74) is 3.31. The fourth-order valence-corrected chi connectivity index (χ4v) is 6.61. The number of aromatic nitrogens is 1. The Hall–Kier alpha value is -4.23. The number of hydrogen-bond donors (Lipinski definition) is 0. The lowest BCUT2D eigenvalue weighted by molar-refractivity contribution is -0.176. The van der Waals surface area contributed by atoms with Crippen LogP contribution in [0.3, 0.4) is 0 Å². The zero-order valence-corrected chi connectivity index (χ0v) is 23.3. The number of para-hydroxylation sites is 1. The Labute approximate surface area is 239 Å². The molecule has 0 N–H and O–H groups in total. The molecule has 210 valence electrons. The van der Waals surface area contributed by atoms with Crippen LogP contribution in [0.2, 0.25) is 0 Å². The van der Waals surface area contributed by atoms with Crippen LogP contribution in [-0.2, 0) is 32.7 Å². The first-order valence-corrected chi connectivity index (χ1v) is 14.2. The molecule has 0 radical (unpaired) electrons. The minimum absolute atomic E-state index is 0.0449. The van der Waals surface area contributed by atoms with Crippen LogP contribution in [0.5, 0.6) is 0 Å². The molecule has 7 nitrogen and oxygen atoms in total. The van der Waals surface area contributed by atoms with E-state index in [1.54, 1.807) is 4.90 Å². The number of ether oxygens (including phenoxy) is 2. The van der Waals surface area contributed by atoms with Gasteiger partial charge >= 0.3 is 5.97 Å². The number of nitrogens with zero attached hydrogens (tertiary/aromatic N) is 2. The molecule has 2 aliphatic heterocycles. The molecule has 2 aliphatic rings. The largest absolute Gasteiger partial charge is 0.460 e. The summed E-state index contributed by atoms with van der Waals surface area (Å²) < 4.78 is 13.9. The van der Waals surface area contributed by atoms with Crippen LogP contribution in [0.25, 0.3) is 10.9 Å². The zero-order valence-electron chi connectivity index (χ0n) is 23.3. The van der Waals surface area contributed by atoms with Crippen molar-refractivity contribution in [2.24, 2.45) is 24.8 Å². The minimum Gasteiger partial charge on any atom is -0.460 e. The van der Waals surface area contributed by atoms with Crippen molar-refractivity contribution >= 4 is 28.6 Å². The number of Topliss-reactive ketones (excluding diaryl/α,β-unsaturated/α-hetero) is 1. The molecule has 0 saturated carbocycles. The maximum atomic E-state index is 14.3. The molecule has 2 fully saturated rings. The fourth-order valence-electron chi connectivity index (χ4n) is 6.61. The Morgan fingerprint density at radius 3 is 2.32 bits per heavy atom. The van der Waals surface area contributed by atoms with Gasteiger partial charge in [-0.05, 0) is 35.6 Å². The monoisotopic (exact) mass is 550 g/mol. The third-order valence-electron chi connectivity index (χ3n) is 8.69. The molecule has 41 heavy (non-hydrogen) atoms. The van der Waals surface area contributed by atoms with Gasteiger partial charge < -0.3 is 18.9 Å². The second-order valence-electron chi connectivity index (χ2n) is 11.0. The highest BCUT2D eigenvalue weighted by Gasteiger charge is 2.56. The number of aryl methyl sites for hydroxylation is 1. The van der Waals surface area contributed by atoms with Crippen molar-refractivity contribution in [1.29, 1.82) is 0 Å². The summed E-state index contributed by atoms with van der Waals surface area (Å²) in [5, 5.41) is 0.972. The van der Waals surface area contributed by atoms with Crippen molar-refractivity contribution in [3.63, 3.8) is 0 Å². The van der Waals surface area contributed by atoms with E-state index in [2.05, 4.69) is 0 Å². The summed E-state index contributed by atoms with van der Waals surface area (Å²) in [5.74, 6) is -2.91. The lowest BCUT2D eigenvalue weighted by Gasteiger charge is -2.45. The number of hydrogen-bond acceptors (Lipinski definition) is 5. The van der Waals surface area contributed by atoms with Crippen molar-refractivity contribution in [2.45, 2.75) is 38.6 Å². The van der Waals surface area contributed by atoms with Crippen molar-refractivity contribution in [3.05, 3.63) is 108 Å². The normalized spacial score (nSPS) is 23.9. The molecule has 0 aliphatic carbocycles. The van der Waals surface area contributed by atoms with Gasteiger partial charge in [0, 0.05) is 30.3 Å². The summed E-state index contributed by atoms with van der Waals surface area (Å²) in [4.78, 5) is 43.6. The predicted octanol–water partition coefficient (Wildman–Crippen LogP) is 5.69. The lowest BCUT2D eigenvalue weighted by atomic mass is 9.71. The van der Waals surface area contributed by atoms with E-state index in [4.69, 9.17) is 9.47 Å². The van der Waals surface area contributed by atoms with E-state index in [1.165, 1.54) is 0 Å². The summed E-state index contributed by atoms with van der Waals surface area (Å²) in [7, 11) is 1.87. The van der Waals surface area contributed by atoms with Crippen LogP contribution in [0.15, 0.2) is 91.0 Å². The highest BCUT2D eigenvalue weighted by molar-refractivity contribution is 6.03. The number of carbonyl (C=O) groups excluding carboxylic acids is 3. The molecule has 6 rings (SSSR count). The van der Waals surface area contributed by atoms with Crippen LogP contribution < -0.4 is 0 Å². The highest BCUT2D eigenvalue weighted by atomic mass is 16.5. The topological polar surface area (TPSA) is 77.8 Å². The SMILES string of the molecule is CC[C@H]1[C@@H](CC(=O)c2cc3ccccc3n2C)[C@@H](C(=O)OCc2ccccc2)C(=O)N2[C@@H]1OC[C@H]2c1ccccc1. The van der Waals surface area contributed by atoms with Gasteiger partial charge in [-0.1, -0.05) is 85.8 Å². The van der Waals surface area contributed by atoms with Gasteiger partial charge in [0.25, 0.3) is 0 Å².